The fraction of sp³-hybridized carbons (Fsp3) is 0.667. The Balaban J connectivity index is 3.76. The molecule has 0 aliphatic rings. The second-order valence-electron chi connectivity index (χ2n) is 3.69. The summed E-state index contributed by atoms with van der Waals surface area (Å²) in [5.74, 6) is 0. The van der Waals surface area contributed by atoms with Crippen molar-refractivity contribution in [3.63, 3.8) is 0 Å². The third kappa shape index (κ3) is 7.89. The SMILES string of the molecule is CC(C)(C)OC(=O)NCC=C(Cl)CO. The van der Waals surface area contributed by atoms with E-state index in [1.165, 1.54) is 6.08 Å². The Hall–Kier alpha value is -0.740. The molecule has 0 aromatic carbocycles. The fourth-order valence-electron chi connectivity index (χ4n) is 0.624. The van der Waals surface area contributed by atoms with Gasteiger partial charge in [0, 0.05) is 11.6 Å². The van der Waals surface area contributed by atoms with Crippen LogP contribution in [-0.4, -0.2) is 30.0 Å². The summed E-state index contributed by atoms with van der Waals surface area (Å²) in [7, 11) is 0. The Morgan fingerprint density at radius 3 is 2.57 bits per heavy atom. The quantitative estimate of drug-likeness (QED) is 0.762. The van der Waals surface area contributed by atoms with Gasteiger partial charge in [0.1, 0.15) is 5.60 Å². The zero-order chi connectivity index (χ0) is 11.2. The number of rotatable bonds is 3. The smallest absolute Gasteiger partial charge is 0.407 e. The van der Waals surface area contributed by atoms with E-state index in [4.69, 9.17) is 21.4 Å². The molecule has 0 radical (unpaired) electrons. The van der Waals surface area contributed by atoms with Gasteiger partial charge in [0.2, 0.25) is 0 Å². The maximum Gasteiger partial charge on any atom is 0.407 e. The van der Waals surface area contributed by atoms with E-state index in [0.29, 0.717) is 5.03 Å². The van der Waals surface area contributed by atoms with Crippen LogP contribution in [0.4, 0.5) is 4.79 Å². The minimum atomic E-state index is -0.505. The van der Waals surface area contributed by atoms with E-state index < -0.39 is 11.7 Å². The lowest BCUT2D eigenvalue weighted by molar-refractivity contribution is 0.0534. The van der Waals surface area contributed by atoms with Crippen molar-refractivity contribution in [2.45, 2.75) is 26.4 Å². The highest BCUT2D eigenvalue weighted by Gasteiger charge is 2.14. The van der Waals surface area contributed by atoms with Crippen molar-refractivity contribution in [3.05, 3.63) is 11.1 Å². The van der Waals surface area contributed by atoms with Gasteiger partial charge < -0.3 is 15.2 Å². The zero-order valence-corrected chi connectivity index (χ0v) is 9.39. The molecule has 0 saturated heterocycles. The predicted molar refractivity (Wildman–Crippen MR) is 55.3 cm³/mol. The number of carbonyl (C=O) groups excluding carboxylic acids is 1. The molecule has 14 heavy (non-hydrogen) atoms. The number of amides is 1. The molecule has 82 valence electrons. The van der Waals surface area contributed by atoms with E-state index >= 15 is 0 Å². The number of halogens is 1. The average molecular weight is 222 g/mol. The second-order valence-corrected chi connectivity index (χ2v) is 4.18. The van der Waals surface area contributed by atoms with Crippen LogP contribution in [0.3, 0.4) is 0 Å². The normalized spacial score (nSPS) is 12.5. The number of hydrogen-bond acceptors (Lipinski definition) is 3. The van der Waals surface area contributed by atoms with Gasteiger partial charge in [-0.15, -0.1) is 0 Å². The molecule has 0 aromatic heterocycles. The first-order chi connectivity index (χ1) is 6.35. The topological polar surface area (TPSA) is 58.6 Å². The van der Waals surface area contributed by atoms with Crippen LogP contribution < -0.4 is 5.32 Å². The maximum absolute atomic E-state index is 11.1. The second kappa shape index (κ2) is 5.88. The van der Waals surface area contributed by atoms with E-state index in [1.54, 1.807) is 20.8 Å². The lowest BCUT2D eigenvalue weighted by Gasteiger charge is -2.19. The van der Waals surface area contributed by atoms with Gasteiger partial charge in [0.15, 0.2) is 0 Å². The van der Waals surface area contributed by atoms with E-state index in [-0.39, 0.29) is 13.2 Å². The van der Waals surface area contributed by atoms with Gasteiger partial charge in [-0.05, 0) is 26.8 Å². The van der Waals surface area contributed by atoms with Crippen LogP contribution in [0.1, 0.15) is 20.8 Å². The monoisotopic (exact) mass is 221 g/mol. The highest BCUT2D eigenvalue weighted by molar-refractivity contribution is 6.29. The third-order valence-corrected chi connectivity index (χ3v) is 1.39. The molecule has 5 heteroatoms. The van der Waals surface area contributed by atoms with Crippen LogP contribution in [0.5, 0.6) is 0 Å². The van der Waals surface area contributed by atoms with Crippen molar-refractivity contribution in [1.82, 2.24) is 5.32 Å². The molecule has 2 N–H and O–H groups in total. The molecule has 1 amide bonds. The molecule has 0 aliphatic heterocycles. The third-order valence-electron chi connectivity index (χ3n) is 1.12. The van der Waals surface area contributed by atoms with Gasteiger partial charge in [-0.1, -0.05) is 11.6 Å². The van der Waals surface area contributed by atoms with Gasteiger partial charge in [0.05, 0.1) is 6.61 Å². The molecular weight excluding hydrogens is 206 g/mol. The molecule has 0 saturated carbocycles. The van der Waals surface area contributed by atoms with Crippen molar-refractivity contribution in [2.75, 3.05) is 13.2 Å². The number of ether oxygens (including phenoxy) is 1. The van der Waals surface area contributed by atoms with Crippen LogP contribution in [-0.2, 0) is 4.74 Å². The minimum Gasteiger partial charge on any atom is -0.444 e. The highest BCUT2D eigenvalue weighted by Crippen LogP contribution is 2.06. The minimum absolute atomic E-state index is 0.225. The number of aliphatic hydroxyl groups is 1. The fourth-order valence-corrected chi connectivity index (χ4v) is 0.701. The Morgan fingerprint density at radius 2 is 2.14 bits per heavy atom. The molecule has 0 atom stereocenters. The summed E-state index contributed by atoms with van der Waals surface area (Å²) < 4.78 is 4.97. The van der Waals surface area contributed by atoms with E-state index in [2.05, 4.69) is 5.32 Å². The molecule has 0 aliphatic carbocycles. The summed E-state index contributed by atoms with van der Waals surface area (Å²) in [5, 5.41) is 11.3. The zero-order valence-electron chi connectivity index (χ0n) is 8.63. The van der Waals surface area contributed by atoms with Crippen LogP contribution in [0.25, 0.3) is 0 Å². The summed E-state index contributed by atoms with van der Waals surface area (Å²) in [5.41, 5.74) is -0.505. The molecule has 0 unspecified atom stereocenters. The summed E-state index contributed by atoms with van der Waals surface area (Å²) in [6, 6.07) is 0. The van der Waals surface area contributed by atoms with Crippen LogP contribution in [0.15, 0.2) is 11.1 Å². The number of aliphatic hydroxyl groups excluding tert-OH is 1. The van der Waals surface area contributed by atoms with E-state index in [0.717, 1.165) is 0 Å². The van der Waals surface area contributed by atoms with Crippen molar-refractivity contribution >= 4 is 17.7 Å². The summed E-state index contributed by atoms with van der Waals surface area (Å²) >= 11 is 5.50. The predicted octanol–water partition coefficient (Wildman–Crippen LogP) is 1.63. The Bertz CT molecular complexity index is 221. The van der Waals surface area contributed by atoms with Gasteiger partial charge in [0.25, 0.3) is 0 Å². The van der Waals surface area contributed by atoms with E-state index in [9.17, 15) is 4.79 Å². The molecule has 0 bridgehead atoms. The largest absolute Gasteiger partial charge is 0.444 e. The first-order valence-corrected chi connectivity index (χ1v) is 4.65. The number of carbonyl (C=O) groups is 1. The number of alkyl carbamates (subject to hydrolysis) is 1. The number of hydrogen-bond donors (Lipinski definition) is 2. The molecule has 0 heterocycles. The molecule has 0 aromatic rings. The van der Waals surface area contributed by atoms with E-state index in [1.807, 2.05) is 0 Å². The molecule has 0 fully saturated rings. The van der Waals surface area contributed by atoms with Gasteiger partial charge >= 0.3 is 6.09 Å². The molecule has 4 nitrogen and oxygen atoms in total. The first kappa shape index (κ1) is 13.3. The molecule has 0 rings (SSSR count). The van der Waals surface area contributed by atoms with Crippen LogP contribution in [0, 0.1) is 0 Å². The van der Waals surface area contributed by atoms with Crippen molar-refractivity contribution < 1.29 is 14.6 Å². The van der Waals surface area contributed by atoms with Crippen molar-refractivity contribution in [1.29, 1.82) is 0 Å². The van der Waals surface area contributed by atoms with Crippen LogP contribution in [0.2, 0.25) is 0 Å². The Morgan fingerprint density at radius 1 is 1.57 bits per heavy atom. The highest BCUT2D eigenvalue weighted by atomic mass is 35.5. The van der Waals surface area contributed by atoms with Gasteiger partial charge in [-0.3, -0.25) is 0 Å². The summed E-state index contributed by atoms with van der Waals surface area (Å²) in [6.07, 6.45) is 1.00. The number of nitrogens with one attached hydrogen (secondary N) is 1. The van der Waals surface area contributed by atoms with Gasteiger partial charge in [-0.2, -0.15) is 0 Å². The van der Waals surface area contributed by atoms with Crippen LogP contribution >= 0.6 is 11.6 Å². The Labute approximate surface area is 88.9 Å². The molecule has 0 spiro atoms. The van der Waals surface area contributed by atoms with Gasteiger partial charge in [-0.25, -0.2) is 4.79 Å². The lowest BCUT2D eigenvalue weighted by Crippen LogP contribution is -2.32. The summed E-state index contributed by atoms with van der Waals surface area (Å²) in [4.78, 5) is 11.1. The van der Waals surface area contributed by atoms with Crippen molar-refractivity contribution in [2.24, 2.45) is 0 Å². The first-order valence-electron chi connectivity index (χ1n) is 4.27. The lowest BCUT2D eigenvalue weighted by atomic mass is 10.2. The summed E-state index contributed by atoms with van der Waals surface area (Å²) in [6.45, 7) is 5.36. The molecular formula is C9H16ClNO3. The Kier molecular flexibility index (Phi) is 5.57. The maximum atomic E-state index is 11.1. The average Bonchev–Trinajstić information content (AvgIpc) is 2.00. The van der Waals surface area contributed by atoms with Crippen molar-refractivity contribution in [3.8, 4) is 0 Å². The standard InChI is InChI=1S/C9H16ClNO3/c1-9(2,3)14-8(13)11-5-4-7(10)6-12/h4,12H,5-6H2,1-3H3,(H,11,13).